The van der Waals surface area contributed by atoms with E-state index in [1.54, 1.807) is 71.4 Å². The van der Waals surface area contributed by atoms with Gasteiger partial charge in [-0.25, -0.2) is 26.8 Å². The zero-order valence-electron chi connectivity index (χ0n) is 26.4. The number of carbonyl (C=O) groups is 2. The van der Waals surface area contributed by atoms with Gasteiger partial charge < -0.3 is 0 Å². The smallest absolute Gasteiger partial charge is 0.261 e. The molecule has 6 rings (SSSR count). The highest BCUT2D eigenvalue weighted by Crippen LogP contribution is 2.29. The van der Waals surface area contributed by atoms with Gasteiger partial charge in [-0.1, -0.05) is 47.5 Å². The van der Waals surface area contributed by atoms with Crippen LogP contribution in [0.5, 0.6) is 0 Å². The summed E-state index contributed by atoms with van der Waals surface area (Å²) in [5.41, 5.74) is 3.68. The fourth-order valence-electron chi connectivity index (χ4n) is 4.55. The van der Waals surface area contributed by atoms with Gasteiger partial charge in [0.1, 0.15) is 11.4 Å². The summed E-state index contributed by atoms with van der Waals surface area (Å²) >= 11 is 2.34. The molecule has 0 saturated carbocycles. The molecular weight excluding hydrogens is 717 g/mol. The molecule has 0 unspecified atom stereocenters. The van der Waals surface area contributed by atoms with E-state index in [0.717, 1.165) is 11.1 Å². The lowest BCUT2D eigenvalue weighted by Crippen LogP contribution is -2.15. The molecule has 16 heteroatoms. The number of aromatic nitrogens is 2. The van der Waals surface area contributed by atoms with Gasteiger partial charge in [0.25, 0.3) is 31.9 Å². The van der Waals surface area contributed by atoms with Crippen LogP contribution in [-0.2, 0) is 20.0 Å². The number of thiazole rings is 2. The first-order chi connectivity index (χ1) is 23.8. The van der Waals surface area contributed by atoms with Gasteiger partial charge in [-0.15, -0.1) is 22.7 Å². The molecule has 0 atom stereocenters. The largest absolute Gasteiger partial charge is 0.298 e. The lowest BCUT2D eigenvalue weighted by atomic mass is 10.2. The van der Waals surface area contributed by atoms with Gasteiger partial charge in [-0.3, -0.25) is 29.7 Å². The highest BCUT2D eigenvalue weighted by atomic mass is 32.2. The fraction of sp³-hybridized carbons (Fsp3) is 0.0588. The highest BCUT2D eigenvalue weighted by molar-refractivity contribution is 7.93. The third-order valence-electron chi connectivity index (χ3n) is 7.13. The number of hydrogen-bond acceptors (Lipinski definition) is 10. The number of nitrogens with one attached hydrogen (secondary N) is 4. The number of benzene rings is 4. The molecule has 0 fully saturated rings. The lowest BCUT2D eigenvalue weighted by Gasteiger charge is -2.10. The van der Waals surface area contributed by atoms with Gasteiger partial charge >= 0.3 is 0 Å². The van der Waals surface area contributed by atoms with E-state index in [1.807, 2.05) is 13.8 Å². The van der Waals surface area contributed by atoms with Crippen LogP contribution in [0.3, 0.4) is 0 Å². The number of amides is 2. The maximum atomic E-state index is 13.0. The van der Waals surface area contributed by atoms with Gasteiger partial charge in [-0.05, 0) is 74.5 Å². The summed E-state index contributed by atoms with van der Waals surface area (Å²) in [5, 5.41) is 9.42. The number of carbonyl (C=O) groups excluding carboxylic acids is 2. The molecular formula is C34H28N6O6S4. The normalized spacial score (nSPS) is 11.5. The third-order valence-corrected chi connectivity index (χ3v) is 11.4. The van der Waals surface area contributed by atoms with Crippen LogP contribution in [0.1, 0.15) is 31.8 Å². The SMILES string of the molecule is Cc1ccc(S(=O)(=O)Nc2cccc(C(=O)Nc3nc(-c4csc(NC(=O)c5cccc(NS(=O)(=O)c6ccc(C)cc6)c5)n4)cs3)c2)cc1. The molecule has 0 bridgehead atoms. The van der Waals surface area contributed by atoms with Crippen LogP contribution in [0, 0.1) is 13.8 Å². The summed E-state index contributed by atoms with van der Waals surface area (Å²) in [6.07, 6.45) is 0. The van der Waals surface area contributed by atoms with Crippen LogP contribution in [0.25, 0.3) is 11.4 Å². The summed E-state index contributed by atoms with van der Waals surface area (Å²) in [6.45, 7) is 3.72. The van der Waals surface area contributed by atoms with Gasteiger partial charge in [0.05, 0.1) is 9.79 Å². The molecule has 254 valence electrons. The first kappa shape index (κ1) is 34.4. The molecule has 0 aliphatic carbocycles. The lowest BCUT2D eigenvalue weighted by molar-refractivity contribution is 0.101. The molecule has 4 aromatic carbocycles. The van der Waals surface area contributed by atoms with Crippen LogP contribution in [0.15, 0.2) is 118 Å². The summed E-state index contributed by atoms with van der Waals surface area (Å²) in [6, 6.07) is 25.0. The molecule has 0 spiro atoms. The van der Waals surface area contributed by atoms with Crippen molar-refractivity contribution in [2.24, 2.45) is 0 Å². The van der Waals surface area contributed by atoms with Crippen molar-refractivity contribution in [1.82, 2.24) is 9.97 Å². The minimum atomic E-state index is -3.85. The zero-order valence-corrected chi connectivity index (χ0v) is 29.6. The molecule has 2 heterocycles. The van der Waals surface area contributed by atoms with E-state index in [4.69, 9.17) is 0 Å². The first-order valence-corrected chi connectivity index (χ1v) is 19.5. The van der Waals surface area contributed by atoms with Crippen LogP contribution >= 0.6 is 22.7 Å². The second kappa shape index (κ2) is 14.2. The molecule has 0 aliphatic rings. The van der Waals surface area contributed by atoms with E-state index >= 15 is 0 Å². The average Bonchev–Trinajstić information content (AvgIpc) is 3.75. The van der Waals surface area contributed by atoms with E-state index in [0.29, 0.717) is 21.7 Å². The Hall–Kier alpha value is -5.42. The van der Waals surface area contributed by atoms with E-state index in [9.17, 15) is 26.4 Å². The summed E-state index contributed by atoms with van der Waals surface area (Å²) in [5.74, 6) is -0.978. The fourth-order valence-corrected chi connectivity index (χ4v) is 8.04. The Morgan fingerprint density at radius 2 is 0.940 bits per heavy atom. The van der Waals surface area contributed by atoms with Crippen molar-refractivity contribution < 1.29 is 26.4 Å². The first-order valence-electron chi connectivity index (χ1n) is 14.8. The van der Waals surface area contributed by atoms with Crippen molar-refractivity contribution in [3.05, 3.63) is 130 Å². The van der Waals surface area contributed by atoms with Gasteiger partial charge in [0.15, 0.2) is 10.3 Å². The van der Waals surface area contributed by atoms with Gasteiger partial charge in [0, 0.05) is 33.3 Å². The van der Waals surface area contributed by atoms with Crippen LogP contribution in [0.2, 0.25) is 0 Å². The standard InChI is InChI=1S/C34H28N6O6S4/c1-21-9-13-27(14-10-21)49(43,44)39-25-7-3-5-23(17-25)31(41)37-33-35-29(19-47-33)30-20-48-34(36-30)38-32(42)24-6-4-8-26(18-24)40-50(45,46)28-15-11-22(2)12-16-28/h3-20,39-40H,1-2H3,(H,35,37,41)(H,36,38,42). The Morgan fingerprint density at radius 3 is 1.32 bits per heavy atom. The average molecular weight is 745 g/mol. The predicted octanol–water partition coefficient (Wildman–Crippen LogP) is 6.99. The maximum Gasteiger partial charge on any atom is 0.261 e. The van der Waals surface area contributed by atoms with Crippen LogP contribution in [0.4, 0.5) is 21.6 Å². The van der Waals surface area contributed by atoms with Crippen LogP contribution < -0.4 is 20.1 Å². The molecule has 0 aliphatic heterocycles. The van der Waals surface area contributed by atoms with Crippen molar-refractivity contribution >= 4 is 76.2 Å². The molecule has 12 nitrogen and oxygen atoms in total. The van der Waals surface area contributed by atoms with Crippen molar-refractivity contribution in [2.75, 3.05) is 20.1 Å². The Balaban J connectivity index is 1.07. The molecule has 2 amide bonds. The van der Waals surface area contributed by atoms with Crippen LogP contribution in [-0.4, -0.2) is 38.6 Å². The summed E-state index contributed by atoms with van der Waals surface area (Å²) in [4.78, 5) is 35.1. The summed E-state index contributed by atoms with van der Waals surface area (Å²) < 4.78 is 56.2. The number of aryl methyl sites for hydroxylation is 2. The molecule has 2 aromatic heterocycles. The number of sulfonamides is 2. The summed E-state index contributed by atoms with van der Waals surface area (Å²) in [7, 11) is -7.70. The Morgan fingerprint density at radius 1 is 0.560 bits per heavy atom. The van der Waals surface area contributed by atoms with E-state index in [-0.39, 0.29) is 32.3 Å². The molecule has 0 radical (unpaired) electrons. The van der Waals surface area contributed by atoms with Crippen molar-refractivity contribution in [1.29, 1.82) is 0 Å². The van der Waals surface area contributed by atoms with E-state index in [1.165, 1.54) is 59.1 Å². The molecule has 50 heavy (non-hydrogen) atoms. The number of hydrogen-bond donors (Lipinski definition) is 4. The minimum absolute atomic E-state index is 0.103. The number of nitrogens with zero attached hydrogens (tertiary/aromatic N) is 2. The molecule has 4 N–H and O–H groups in total. The maximum absolute atomic E-state index is 13.0. The highest BCUT2D eigenvalue weighted by Gasteiger charge is 2.18. The molecule has 6 aromatic rings. The Labute approximate surface area is 296 Å². The van der Waals surface area contributed by atoms with E-state index in [2.05, 4.69) is 30.0 Å². The number of anilines is 4. The van der Waals surface area contributed by atoms with E-state index < -0.39 is 31.9 Å². The third kappa shape index (κ3) is 8.23. The van der Waals surface area contributed by atoms with Gasteiger partial charge in [-0.2, -0.15) is 0 Å². The molecule has 0 saturated heterocycles. The van der Waals surface area contributed by atoms with Crippen molar-refractivity contribution in [2.45, 2.75) is 23.6 Å². The topological polar surface area (TPSA) is 176 Å². The second-order valence-corrected chi connectivity index (χ2v) is 16.1. The monoisotopic (exact) mass is 744 g/mol. The van der Waals surface area contributed by atoms with Gasteiger partial charge in [0.2, 0.25) is 0 Å². The van der Waals surface area contributed by atoms with Crippen molar-refractivity contribution in [3.8, 4) is 11.4 Å². The Bertz CT molecular complexity index is 2250. The van der Waals surface area contributed by atoms with Crippen molar-refractivity contribution in [3.63, 3.8) is 0 Å². The predicted molar refractivity (Wildman–Crippen MR) is 196 cm³/mol. The zero-order chi connectivity index (χ0) is 35.5. The minimum Gasteiger partial charge on any atom is -0.298 e. The second-order valence-electron chi connectivity index (χ2n) is 11.0. The number of rotatable bonds is 11. The quantitative estimate of drug-likeness (QED) is 0.110. The Kier molecular flexibility index (Phi) is 9.79.